The molecule has 0 amide bonds. The summed E-state index contributed by atoms with van der Waals surface area (Å²) in [5, 5.41) is 0. The quantitative estimate of drug-likeness (QED) is 0.363. The average Bonchev–Trinajstić information content (AvgIpc) is 0. The van der Waals surface area contributed by atoms with Crippen LogP contribution in [-0.4, -0.2) is 75.1 Å². The monoisotopic (exact) mass is 511 g/mol. The van der Waals surface area contributed by atoms with E-state index in [1.54, 1.807) is 0 Å². The molecule has 0 fully saturated rings. The molecule has 0 rings (SSSR count). The summed E-state index contributed by atoms with van der Waals surface area (Å²) in [6, 6.07) is 0. The zero-order chi connectivity index (χ0) is 0. The smallest absolute Gasteiger partial charge is 0 e. The van der Waals surface area contributed by atoms with Crippen molar-refractivity contribution in [1.29, 1.82) is 0 Å². The van der Waals surface area contributed by atoms with E-state index in [1.165, 1.54) is 0 Å². The minimum Gasteiger partial charge on any atom is 0 e. The maximum Gasteiger partial charge on any atom is 0 e. The van der Waals surface area contributed by atoms with Gasteiger partial charge < -0.3 is 0 Å². The zero-order valence-electron chi connectivity index (χ0n) is 1.80. The van der Waals surface area contributed by atoms with Gasteiger partial charge in [-0.25, -0.2) is 0 Å². The molecule has 0 N–H and O–H groups in total. The van der Waals surface area contributed by atoms with E-state index in [4.69, 9.17) is 0 Å². The van der Waals surface area contributed by atoms with Crippen LogP contribution in [0.15, 0.2) is 0 Å². The van der Waals surface area contributed by atoms with Gasteiger partial charge in [-0.2, -0.15) is 0 Å². The van der Waals surface area contributed by atoms with Crippen LogP contribution in [-0.2, 0) is 17.1 Å². The van der Waals surface area contributed by atoms with Gasteiger partial charge in [0.05, 0.1) is 0 Å². The Hall–Kier alpha value is 3.04. The van der Waals surface area contributed by atoms with Crippen molar-refractivity contribution >= 4 is 75.1 Å². The molecule has 0 saturated heterocycles. The Labute approximate surface area is 90.4 Å². The van der Waals surface area contributed by atoms with Gasteiger partial charge in [-0.3, -0.25) is 0 Å². The normalized spacial score (nSPS) is 0. The van der Waals surface area contributed by atoms with Crippen LogP contribution in [0.1, 0.15) is 0 Å². The summed E-state index contributed by atoms with van der Waals surface area (Å²) in [6.07, 6.45) is 0. The van der Waals surface area contributed by atoms with E-state index in [0.717, 1.165) is 0 Å². The average molecular weight is 508 g/mol. The first-order chi connectivity index (χ1) is 0. The van der Waals surface area contributed by atoms with Gasteiger partial charge in [0.15, 0.2) is 0 Å². The van der Waals surface area contributed by atoms with Crippen LogP contribution in [0.4, 0.5) is 0 Å². The van der Waals surface area contributed by atoms with E-state index >= 15 is 0 Å². The Morgan fingerprint density at radius 1 is 0.750 bits per heavy atom. The Balaban J connectivity index is 0. The standard InChI is InChI=1S/Cu.Pb.2Sn. The summed E-state index contributed by atoms with van der Waals surface area (Å²) in [7, 11) is 0. The molecule has 0 nitrogen and oxygen atoms in total. The predicted octanol–water partition coefficient (Wildman–Crippen LogP) is -1.14. The Bertz CT molecular complexity index is 6.00. The van der Waals surface area contributed by atoms with Gasteiger partial charge >= 0.3 is 0 Å². The Morgan fingerprint density at radius 3 is 0.750 bits per heavy atom. The van der Waals surface area contributed by atoms with Crippen LogP contribution in [0.5, 0.6) is 0 Å². The van der Waals surface area contributed by atoms with E-state index in [9.17, 15) is 0 Å². The summed E-state index contributed by atoms with van der Waals surface area (Å²) in [5.41, 5.74) is 0. The molecule has 0 aromatic carbocycles. The summed E-state index contributed by atoms with van der Waals surface area (Å²) < 4.78 is 0. The Morgan fingerprint density at radius 2 is 0.750 bits per heavy atom. The minimum atomic E-state index is 0. The molecule has 0 aliphatic heterocycles. The molecule has 0 saturated carbocycles. The molecule has 0 bridgehead atoms. The molecule has 0 heterocycles. The molecule has 0 aliphatic rings. The van der Waals surface area contributed by atoms with Crippen molar-refractivity contribution in [1.82, 2.24) is 0 Å². The van der Waals surface area contributed by atoms with Gasteiger partial charge in [-0.15, -0.1) is 0 Å². The van der Waals surface area contributed by atoms with Gasteiger partial charge in [0, 0.05) is 92.2 Å². The molecule has 0 unspecified atom stereocenters. The van der Waals surface area contributed by atoms with E-state index < -0.39 is 0 Å². The van der Waals surface area contributed by atoms with Crippen LogP contribution in [0.25, 0.3) is 0 Å². The van der Waals surface area contributed by atoms with Gasteiger partial charge in [0.2, 0.25) is 0 Å². The van der Waals surface area contributed by atoms with Crippen molar-refractivity contribution in [2.24, 2.45) is 0 Å². The second kappa shape index (κ2) is 16.6. The van der Waals surface area contributed by atoms with Crippen molar-refractivity contribution in [2.75, 3.05) is 0 Å². The molecule has 0 aromatic rings. The molecule has 0 spiro atoms. The van der Waals surface area contributed by atoms with Crippen LogP contribution < -0.4 is 0 Å². The van der Waals surface area contributed by atoms with Crippen LogP contribution in [0, 0.1) is 0 Å². The molecule has 0 atom stereocenters. The first-order valence-electron chi connectivity index (χ1n) is 0. The third kappa shape index (κ3) is 8.90. The fourth-order valence-electron chi connectivity index (χ4n) is 0. The molecule has 0 aliphatic carbocycles. The second-order valence-electron chi connectivity index (χ2n) is 0. The molecule has 4 heavy (non-hydrogen) atoms. The van der Waals surface area contributed by atoms with Crippen LogP contribution >= 0.6 is 0 Å². The van der Waals surface area contributed by atoms with Crippen molar-refractivity contribution in [3.8, 4) is 0 Å². The molecule has 23 valence electrons. The number of rotatable bonds is 0. The third-order valence-corrected chi connectivity index (χ3v) is 0. The first-order valence-corrected chi connectivity index (χ1v) is 0. The zero-order valence-corrected chi connectivity index (χ0v) is 12.3. The topological polar surface area (TPSA) is 0 Å². The minimum absolute atomic E-state index is 0. The van der Waals surface area contributed by atoms with Gasteiger partial charge in [-0.05, 0) is 0 Å². The summed E-state index contributed by atoms with van der Waals surface area (Å²) >= 11 is 0. The van der Waals surface area contributed by atoms with E-state index in [0.29, 0.717) is 0 Å². The maximum atomic E-state index is 0. The van der Waals surface area contributed by atoms with E-state index in [1.807, 2.05) is 0 Å². The van der Waals surface area contributed by atoms with Gasteiger partial charge in [-0.1, -0.05) is 0 Å². The van der Waals surface area contributed by atoms with Gasteiger partial charge in [0.1, 0.15) is 0 Å². The van der Waals surface area contributed by atoms with Crippen molar-refractivity contribution < 1.29 is 17.1 Å². The van der Waals surface area contributed by atoms with Crippen molar-refractivity contribution in [2.45, 2.75) is 0 Å². The molecular formula is CuPbSn2. The van der Waals surface area contributed by atoms with E-state index in [2.05, 4.69) is 0 Å². The molecule has 4 heteroatoms. The third-order valence-electron chi connectivity index (χ3n) is 0. The SMILES string of the molecule is [Cu].[Pb].[Sn].[Sn]. The van der Waals surface area contributed by atoms with Crippen LogP contribution in [0.3, 0.4) is 0 Å². The molecular weight excluding hydrogens is 508 g/mol. The van der Waals surface area contributed by atoms with Crippen molar-refractivity contribution in [3.63, 3.8) is 0 Å². The molecule has 13 radical (unpaired) electrons. The fourth-order valence-corrected chi connectivity index (χ4v) is 0. The summed E-state index contributed by atoms with van der Waals surface area (Å²) in [5.74, 6) is 0. The van der Waals surface area contributed by atoms with Crippen molar-refractivity contribution in [3.05, 3.63) is 0 Å². The van der Waals surface area contributed by atoms with Gasteiger partial charge in [0.25, 0.3) is 0 Å². The largest absolute Gasteiger partial charge is 0 e. The first kappa shape index (κ1) is 27.8. The summed E-state index contributed by atoms with van der Waals surface area (Å²) in [4.78, 5) is 0. The predicted molar refractivity (Wildman–Crippen MR) is 17.3 cm³/mol. The number of hydrogen-bond acceptors (Lipinski definition) is 0. The van der Waals surface area contributed by atoms with E-state index in [-0.39, 0.29) is 92.2 Å². The Kier molecular flexibility index (Phi) is 115. The molecule has 0 aromatic heterocycles. The number of hydrogen-bond donors (Lipinski definition) is 0. The summed E-state index contributed by atoms with van der Waals surface area (Å²) in [6.45, 7) is 0. The second-order valence-corrected chi connectivity index (χ2v) is 0. The maximum absolute atomic E-state index is 0. The van der Waals surface area contributed by atoms with Crippen LogP contribution in [0.2, 0.25) is 0 Å². The fraction of sp³-hybridized carbons (Fsp3) is 0.